The summed E-state index contributed by atoms with van der Waals surface area (Å²) in [5.41, 5.74) is -0.0349. The zero-order valence-electron chi connectivity index (χ0n) is 13.8. The van der Waals surface area contributed by atoms with Gasteiger partial charge in [0.05, 0.1) is 23.3 Å². The van der Waals surface area contributed by atoms with Crippen molar-refractivity contribution < 1.29 is 9.90 Å². The van der Waals surface area contributed by atoms with Crippen molar-refractivity contribution in [3.8, 4) is 0 Å². The largest absolute Gasteiger partial charge is 0.386 e. The number of hydrogen-bond acceptors (Lipinski definition) is 7. The number of aryl methyl sites for hydroxylation is 2. The van der Waals surface area contributed by atoms with Crippen LogP contribution >= 0.6 is 11.3 Å². The van der Waals surface area contributed by atoms with E-state index in [1.807, 2.05) is 18.7 Å². The first kappa shape index (κ1) is 16.8. The number of nitrogens with zero attached hydrogens (tertiary/aromatic N) is 4. The van der Waals surface area contributed by atoms with Crippen LogP contribution in [0.25, 0.3) is 0 Å². The molecule has 3 rings (SSSR count). The monoisotopic (exact) mass is 347 g/mol. The first-order valence-corrected chi connectivity index (χ1v) is 8.70. The SMILES string of the molecule is Cc1nc(C)c(CC(=O)NC[C@]2(O)CCN(c3cnccn3)C2)s1. The van der Waals surface area contributed by atoms with Crippen LogP contribution in [0.4, 0.5) is 5.82 Å². The van der Waals surface area contributed by atoms with E-state index in [2.05, 4.69) is 20.3 Å². The van der Waals surface area contributed by atoms with Gasteiger partial charge in [-0.2, -0.15) is 0 Å². The third-order valence-corrected chi connectivity index (χ3v) is 5.21. The van der Waals surface area contributed by atoms with Crippen molar-refractivity contribution in [2.45, 2.75) is 32.3 Å². The highest BCUT2D eigenvalue weighted by molar-refractivity contribution is 7.11. The van der Waals surface area contributed by atoms with Gasteiger partial charge in [0.15, 0.2) is 0 Å². The van der Waals surface area contributed by atoms with Gasteiger partial charge in [-0.15, -0.1) is 11.3 Å². The van der Waals surface area contributed by atoms with Gasteiger partial charge in [-0.3, -0.25) is 9.78 Å². The average molecular weight is 347 g/mol. The van der Waals surface area contributed by atoms with Crippen molar-refractivity contribution in [1.29, 1.82) is 0 Å². The molecule has 0 aliphatic carbocycles. The second-order valence-corrected chi connectivity index (χ2v) is 7.44. The molecule has 7 nitrogen and oxygen atoms in total. The lowest BCUT2D eigenvalue weighted by Crippen LogP contribution is -2.45. The molecule has 24 heavy (non-hydrogen) atoms. The van der Waals surface area contributed by atoms with Crippen LogP contribution in [0.5, 0.6) is 0 Å². The number of anilines is 1. The van der Waals surface area contributed by atoms with E-state index < -0.39 is 5.60 Å². The molecule has 2 aromatic rings. The number of aromatic nitrogens is 3. The number of carbonyl (C=O) groups is 1. The fraction of sp³-hybridized carbons (Fsp3) is 0.500. The minimum atomic E-state index is -0.939. The number of carbonyl (C=O) groups excluding carboxylic acids is 1. The summed E-state index contributed by atoms with van der Waals surface area (Å²) in [6.07, 6.45) is 5.83. The Hall–Kier alpha value is -2.06. The molecule has 1 amide bonds. The van der Waals surface area contributed by atoms with Crippen LogP contribution in [-0.2, 0) is 11.2 Å². The van der Waals surface area contributed by atoms with Crippen LogP contribution in [0, 0.1) is 13.8 Å². The van der Waals surface area contributed by atoms with Crippen molar-refractivity contribution >= 4 is 23.1 Å². The molecule has 0 radical (unpaired) electrons. The predicted molar refractivity (Wildman–Crippen MR) is 92.1 cm³/mol. The second kappa shape index (κ2) is 6.82. The Morgan fingerprint density at radius 1 is 1.46 bits per heavy atom. The number of thiazole rings is 1. The van der Waals surface area contributed by atoms with Crippen molar-refractivity contribution in [3.63, 3.8) is 0 Å². The number of rotatable bonds is 5. The van der Waals surface area contributed by atoms with Gasteiger partial charge in [0, 0.05) is 36.9 Å². The summed E-state index contributed by atoms with van der Waals surface area (Å²) in [5.74, 6) is 0.656. The maximum atomic E-state index is 12.1. The summed E-state index contributed by atoms with van der Waals surface area (Å²) in [6, 6.07) is 0. The molecule has 1 aliphatic heterocycles. The zero-order chi connectivity index (χ0) is 17.2. The second-order valence-electron chi connectivity index (χ2n) is 6.15. The fourth-order valence-corrected chi connectivity index (χ4v) is 3.80. The molecule has 2 N–H and O–H groups in total. The Bertz CT molecular complexity index is 721. The zero-order valence-corrected chi connectivity index (χ0v) is 14.6. The van der Waals surface area contributed by atoms with Gasteiger partial charge in [-0.05, 0) is 20.3 Å². The first-order valence-electron chi connectivity index (χ1n) is 7.88. The van der Waals surface area contributed by atoms with Crippen LogP contribution in [0.15, 0.2) is 18.6 Å². The van der Waals surface area contributed by atoms with E-state index in [1.54, 1.807) is 18.6 Å². The fourth-order valence-electron chi connectivity index (χ4n) is 2.86. The van der Waals surface area contributed by atoms with E-state index in [-0.39, 0.29) is 12.5 Å². The molecule has 0 aromatic carbocycles. The molecular weight excluding hydrogens is 326 g/mol. The quantitative estimate of drug-likeness (QED) is 0.833. The summed E-state index contributed by atoms with van der Waals surface area (Å²) < 4.78 is 0. The molecule has 1 fully saturated rings. The number of nitrogens with one attached hydrogen (secondary N) is 1. The van der Waals surface area contributed by atoms with E-state index in [9.17, 15) is 9.90 Å². The Kier molecular flexibility index (Phi) is 4.77. The Morgan fingerprint density at radius 2 is 2.29 bits per heavy atom. The predicted octanol–water partition coefficient (Wildman–Crippen LogP) is 0.850. The number of aliphatic hydroxyl groups is 1. The van der Waals surface area contributed by atoms with Gasteiger partial charge >= 0.3 is 0 Å². The normalized spacial score (nSPS) is 20.4. The average Bonchev–Trinajstić information content (AvgIpc) is 3.10. The molecular formula is C16H21N5O2S. The van der Waals surface area contributed by atoms with Crippen LogP contribution < -0.4 is 10.2 Å². The van der Waals surface area contributed by atoms with E-state index in [0.29, 0.717) is 25.9 Å². The summed E-state index contributed by atoms with van der Waals surface area (Å²) in [5, 5.41) is 14.5. The lowest BCUT2D eigenvalue weighted by molar-refractivity contribution is -0.121. The standard InChI is InChI=1S/C16H21N5O2S/c1-11-13(24-12(2)20-11)7-15(22)19-9-16(23)3-6-21(10-16)14-8-17-4-5-18-14/h4-5,8,23H,3,6-7,9-10H2,1-2H3,(H,19,22)/t16-/m1/s1. The van der Waals surface area contributed by atoms with Gasteiger partial charge in [-0.25, -0.2) is 9.97 Å². The van der Waals surface area contributed by atoms with Crippen LogP contribution in [0.1, 0.15) is 22.0 Å². The van der Waals surface area contributed by atoms with Gasteiger partial charge in [0.2, 0.25) is 5.91 Å². The summed E-state index contributed by atoms with van der Waals surface area (Å²) in [6.45, 7) is 5.21. The van der Waals surface area contributed by atoms with Crippen molar-refractivity contribution in [3.05, 3.63) is 34.2 Å². The van der Waals surface area contributed by atoms with Gasteiger partial charge in [0.1, 0.15) is 11.4 Å². The van der Waals surface area contributed by atoms with Crippen molar-refractivity contribution in [1.82, 2.24) is 20.3 Å². The van der Waals surface area contributed by atoms with Crippen LogP contribution in [-0.4, -0.2) is 51.2 Å². The lowest BCUT2D eigenvalue weighted by atomic mass is 10.0. The third-order valence-electron chi connectivity index (χ3n) is 4.14. The molecule has 1 aliphatic rings. The summed E-state index contributed by atoms with van der Waals surface area (Å²) in [4.78, 5) is 27.7. The van der Waals surface area contributed by atoms with E-state index >= 15 is 0 Å². The summed E-state index contributed by atoms with van der Waals surface area (Å²) in [7, 11) is 0. The van der Waals surface area contributed by atoms with E-state index in [1.165, 1.54) is 11.3 Å². The Labute approximate surface area is 144 Å². The molecule has 0 saturated carbocycles. The molecule has 0 spiro atoms. The first-order chi connectivity index (χ1) is 11.5. The Balaban J connectivity index is 1.53. The highest BCUT2D eigenvalue weighted by atomic mass is 32.1. The third kappa shape index (κ3) is 3.88. The molecule has 1 saturated heterocycles. The van der Waals surface area contributed by atoms with E-state index in [0.717, 1.165) is 21.4 Å². The number of β-amino-alcohol motifs (C(OH)–C–C–N with tert-alkyl or cyclic N) is 1. The minimum absolute atomic E-state index is 0.0897. The maximum Gasteiger partial charge on any atom is 0.225 e. The highest BCUT2D eigenvalue weighted by Gasteiger charge is 2.37. The van der Waals surface area contributed by atoms with Gasteiger partial charge < -0.3 is 15.3 Å². The van der Waals surface area contributed by atoms with Gasteiger partial charge in [-0.1, -0.05) is 0 Å². The van der Waals surface area contributed by atoms with Crippen molar-refractivity contribution in [2.24, 2.45) is 0 Å². The summed E-state index contributed by atoms with van der Waals surface area (Å²) >= 11 is 1.54. The number of hydrogen-bond donors (Lipinski definition) is 2. The minimum Gasteiger partial charge on any atom is -0.386 e. The molecule has 3 heterocycles. The molecule has 0 unspecified atom stereocenters. The van der Waals surface area contributed by atoms with Crippen LogP contribution in [0.3, 0.4) is 0 Å². The Morgan fingerprint density at radius 3 is 2.96 bits per heavy atom. The maximum absolute atomic E-state index is 12.1. The molecule has 2 aromatic heterocycles. The van der Waals surface area contributed by atoms with Crippen molar-refractivity contribution in [2.75, 3.05) is 24.5 Å². The van der Waals surface area contributed by atoms with Crippen LogP contribution in [0.2, 0.25) is 0 Å². The topological polar surface area (TPSA) is 91.2 Å². The lowest BCUT2D eigenvalue weighted by Gasteiger charge is -2.24. The molecule has 8 heteroatoms. The smallest absolute Gasteiger partial charge is 0.225 e. The molecule has 128 valence electrons. The van der Waals surface area contributed by atoms with Gasteiger partial charge in [0.25, 0.3) is 0 Å². The van der Waals surface area contributed by atoms with E-state index in [4.69, 9.17) is 0 Å². The molecule has 1 atom stereocenters. The highest BCUT2D eigenvalue weighted by Crippen LogP contribution is 2.24. The number of amides is 1. The molecule has 0 bridgehead atoms.